The van der Waals surface area contributed by atoms with Crippen LogP contribution in [0.15, 0.2) is 46.0 Å². The topological polar surface area (TPSA) is 98.3 Å². The number of thioether (sulfide) groups is 1. The molecule has 1 N–H and O–H groups in total. The first-order chi connectivity index (χ1) is 11.9. The second kappa shape index (κ2) is 7.30. The van der Waals surface area contributed by atoms with Gasteiger partial charge in [-0.25, -0.2) is 4.98 Å². The number of anilines is 1. The van der Waals surface area contributed by atoms with Gasteiger partial charge >= 0.3 is 0 Å². The number of rotatable bonds is 5. The molecule has 0 aliphatic heterocycles. The van der Waals surface area contributed by atoms with Crippen molar-refractivity contribution in [2.75, 3.05) is 11.1 Å². The minimum atomic E-state index is -0.619. The molecule has 25 heavy (non-hydrogen) atoms. The van der Waals surface area contributed by atoms with Gasteiger partial charge < -0.3 is 9.73 Å². The maximum absolute atomic E-state index is 12.1. The van der Waals surface area contributed by atoms with Gasteiger partial charge in [-0.2, -0.15) is 0 Å². The normalized spacial score (nSPS) is 10.8. The third-order valence-corrected chi connectivity index (χ3v) is 4.53. The number of fused-ring (bicyclic) bond motifs is 1. The van der Waals surface area contributed by atoms with Crippen molar-refractivity contribution < 1.29 is 14.1 Å². The molecule has 0 unspecified atom stereocenters. The van der Waals surface area contributed by atoms with Crippen LogP contribution in [-0.2, 0) is 4.79 Å². The number of non-ortho nitro benzene ring substituents is 1. The number of carbonyl (C=O) groups excluding carboxylic acids is 1. The second-order valence-electron chi connectivity index (χ2n) is 4.83. The van der Waals surface area contributed by atoms with E-state index in [-0.39, 0.29) is 27.2 Å². The lowest BCUT2D eigenvalue weighted by molar-refractivity contribution is -0.384. The van der Waals surface area contributed by atoms with E-state index in [0.29, 0.717) is 16.3 Å². The van der Waals surface area contributed by atoms with Crippen molar-refractivity contribution in [2.24, 2.45) is 0 Å². The third-order valence-electron chi connectivity index (χ3n) is 3.10. The first kappa shape index (κ1) is 17.5. The SMILES string of the molecule is O=C(CSc1nc2ccccc2o1)Nc1c(Cl)cc([N+](=O)[O-])cc1Cl. The number of halogens is 2. The summed E-state index contributed by atoms with van der Waals surface area (Å²) in [6.45, 7) is 0. The number of nitrogens with zero attached hydrogens (tertiary/aromatic N) is 2. The van der Waals surface area contributed by atoms with Crippen molar-refractivity contribution in [3.05, 3.63) is 56.6 Å². The van der Waals surface area contributed by atoms with Crippen LogP contribution >= 0.6 is 35.0 Å². The fourth-order valence-electron chi connectivity index (χ4n) is 2.00. The summed E-state index contributed by atoms with van der Waals surface area (Å²) in [7, 11) is 0. The maximum Gasteiger partial charge on any atom is 0.272 e. The number of para-hydroxylation sites is 2. The zero-order valence-electron chi connectivity index (χ0n) is 12.4. The Balaban J connectivity index is 1.67. The van der Waals surface area contributed by atoms with E-state index in [1.165, 1.54) is 0 Å². The lowest BCUT2D eigenvalue weighted by Gasteiger charge is -2.08. The van der Waals surface area contributed by atoms with E-state index in [9.17, 15) is 14.9 Å². The molecule has 0 bridgehead atoms. The molecule has 0 radical (unpaired) electrons. The molecule has 1 amide bonds. The molecule has 0 aliphatic carbocycles. The van der Waals surface area contributed by atoms with Gasteiger partial charge in [0.1, 0.15) is 5.52 Å². The highest BCUT2D eigenvalue weighted by Gasteiger charge is 2.17. The monoisotopic (exact) mass is 397 g/mol. The van der Waals surface area contributed by atoms with Crippen molar-refractivity contribution in [1.82, 2.24) is 4.98 Å². The van der Waals surface area contributed by atoms with Crippen molar-refractivity contribution in [3.8, 4) is 0 Å². The number of nitro groups is 1. The summed E-state index contributed by atoms with van der Waals surface area (Å²) in [4.78, 5) is 26.5. The molecule has 1 aromatic heterocycles. The number of hydrogen-bond donors (Lipinski definition) is 1. The summed E-state index contributed by atoms with van der Waals surface area (Å²) in [5, 5.41) is 13.6. The largest absolute Gasteiger partial charge is 0.431 e. The van der Waals surface area contributed by atoms with E-state index in [1.54, 1.807) is 12.1 Å². The van der Waals surface area contributed by atoms with Gasteiger partial charge in [-0.3, -0.25) is 14.9 Å². The predicted molar refractivity (Wildman–Crippen MR) is 96.5 cm³/mol. The van der Waals surface area contributed by atoms with Crippen LogP contribution in [0, 0.1) is 10.1 Å². The second-order valence-corrected chi connectivity index (χ2v) is 6.57. The molecule has 128 valence electrons. The lowest BCUT2D eigenvalue weighted by atomic mass is 10.3. The summed E-state index contributed by atoms with van der Waals surface area (Å²) in [6, 6.07) is 9.49. The predicted octanol–water partition coefficient (Wildman–Crippen LogP) is 4.77. The summed E-state index contributed by atoms with van der Waals surface area (Å²) in [5.74, 6) is -0.388. The fourth-order valence-corrected chi connectivity index (χ4v) is 3.21. The molecule has 0 atom stereocenters. The number of nitrogens with one attached hydrogen (secondary N) is 1. The average Bonchev–Trinajstić information content (AvgIpc) is 2.99. The number of amides is 1. The van der Waals surface area contributed by atoms with Gasteiger partial charge in [-0.15, -0.1) is 0 Å². The first-order valence-corrected chi connectivity index (χ1v) is 8.60. The van der Waals surface area contributed by atoms with Crippen molar-refractivity contribution in [1.29, 1.82) is 0 Å². The van der Waals surface area contributed by atoms with Crippen LogP contribution in [-0.4, -0.2) is 21.6 Å². The zero-order valence-corrected chi connectivity index (χ0v) is 14.7. The van der Waals surface area contributed by atoms with E-state index in [0.717, 1.165) is 23.9 Å². The molecule has 2 aromatic carbocycles. The fraction of sp³-hybridized carbons (Fsp3) is 0.0667. The molecular weight excluding hydrogens is 389 g/mol. The average molecular weight is 398 g/mol. The van der Waals surface area contributed by atoms with Gasteiger partial charge in [0.15, 0.2) is 5.58 Å². The zero-order chi connectivity index (χ0) is 18.0. The minimum absolute atomic E-state index is 0.0104. The Morgan fingerprint density at radius 2 is 1.96 bits per heavy atom. The number of nitro benzene ring substituents is 1. The highest BCUT2D eigenvalue weighted by atomic mass is 35.5. The van der Waals surface area contributed by atoms with E-state index < -0.39 is 10.8 Å². The smallest absolute Gasteiger partial charge is 0.272 e. The number of aromatic nitrogens is 1. The van der Waals surface area contributed by atoms with Gasteiger partial charge in [0, 0.05) is 12.1 Å². The Morgan fingerprint density at radius 3 is 2.60 bits per heavy atom. The molecule has 3 rings (SSSR count). The van der Waals surface area contributed by atoms with E-state index in [1.807, 2.05) is 12.1 Å². The molecule has 1 heterocycles. The van der Waals surface area contributed by atoms with E-state index in [4.69, 9.17) is 27.6 Å². The summed E-state index contributed by atoms with van der Waals surface area (Å²) < 4.78 is 5.50. The third kappa shape index (κ3) is 4.04. The Kier molecular flexibility index (Phi) is 5.12. The summed E-state index contributed by atoms with van der Waals surface area (Å²) >= 11 is 13.0. The Bertz CT molecular complexity index is 920. The van der Waals surface area contributed by atoms with Crippen molar-refractivity contribution in [2.45, 2.75) is 5.22 Å². The van der Waals surface area contributed by atoms with Gasteiger partial charge in [0.05, 0.1) is 26.4 Å². The van der Waals surface area contributed by atoms with Crippen LogP contribution in [0.4, 0.5) is 11.4 Å². The Labute approximate surface area is 155 Å². The molecule has 0 saturated carbocycles. The molecule has 7 nitrogen and oxygen atoms in total. The van der Waals surface area contributed by atoms with Crippen LogP contribution in [0.5, 0.6) is 0 Å². The van der Waals surface area contributed by atoms with Crippen LogP contribution in [0.25, 0.3) is 11.1 Å². The van der Waals surface area contributed by atoms with E-state index in [2.05, 4.69) is 10.3 Å². The quantitative estimate of drug-likeness (QED) is 0.378. The Hall–Kier alpha value is -2.29. The molecule has 3 aromatic rings. The molecule has 0 aliphatic rings. The number of hydrogen-bond acceptors (Lipinski definition) is 6. The molecule has 0 fully saturated rings. The van der Waals surface area contributed by atoms with Crippen LogP contribution < -0.4 is 5.32 Å². The van der Waals surface area contributed by atoms with Crippen LogP contribution in [0.1, 0.15) is 0 Å². The number of oxazole rings is 1. The highest BCUT2D eigenvalue weighted by molar-refractivity contribution is 7.99. The molecular formula is C15H9Cl2N3O4S. The van der Waals surface area contributed by atoms with Gasteiger partial charge in [0.2, 0.25) is 5.91 Å². The van der Waals surface area contributed by atoms with Crippen LogP contribution in [0.3, 0.4) is 0 Å². The number of carbonyl (C=O) groups is 1. The summed E-state index contributed by atoms with van der Waals surface area (Å²) in [5.41, 5.74) is 1.20. The van der Waals surface area contributed by atoms with Gasteiger partial charge in [-0.05, 0) is 12.1 Å². The molecule has 0 saturated heterocycles. The maximum atomic E-state index is 12.1. The van der Waals surface area contributed by atoms with Crippen molar-refractivity contribution in [3.63, 3.8) is 0 Å². The van der Waals surface area contributed by atoms with Gasteiger partial charge in [-0.1, -0.05) is 47.1 Å². The number of benzene rings is 2. The Morgan fingerprint density at radius 1 is 1.28 bits per heavy atom. The lowest BCUT2D eigenvalue weighted by Crippen LogP contribution is -2.14. The minimum Gasteiger partial charge on any atom is -0.431 e. The van der Waals surface area contributed by atoms with Crippen LogP contribution in [0.2, 0.25) is 10.0 Å². The van der Waals surface area contributed by atoms with Gasteiger partial charge in [0.25, 0.3) is 10.9 Å². The van der Waals surface area contributed by atoms with E-state index >= 15 is 0 Å². The molecule has 10 heteroatoms. The first-order valence-electron chi connectivity index (χ1n) is 6.85. The standard InChI is InChI=1S/C15H9Cl2N3O4S/c16-9-5-8(20(22)23)6-10(17)14(9)19-13(21)7-25-15-18-11-3-1-2-4-12(11)24-15/h1-6H,7H2,(H,19,21). The summed E-state index contributed by atoms with van der Waals surface area (Å²) in [6.07, 6.45) is 0. The highest BCUT2D eigenvalue weighted by Crippen LogP contribution is 2.35. The molecule has 0 spiro atoms. The van der Waals surface area contributed by atoms with Crippen molar-refractivity contribution >= 4 is 63.3 Å².